The van der Waals surface area contributed by atoms with Crippen molar-refractivity contribution >= 4 is 30.4 Å². The molecular formula is C24H26O11S3. The van der Waals surface area contributed by atoms with Gasteiger partial charge >= 0.3 is 0 Å². The van der Waals surface area contributed by atoms with E-state index in [1.54, 1.807) is 20.8 Å². The van der Waals surface area contributed by atoms with Gasteiger partial charge in [-0.05, 0) is 97.3 Å². The summed E-state index contributed by atoms with van der Waals surface area (Å²) in [6, 6.07) is 5.89. The van der Waals surface area contributed by atoms with E-state index in [0.29, 0.717) is 22.3 Å². The molecule has 0 atom stereocenters. The Balaban J connectivity index is 2.27. The van der Waals surface area contributed by atoms with Gasteiger partial charge in [-0.3, -0.25) is 13.7 Å². The average Bonchev–Trinajstić information content (AvgIpc) is 2.73. The molecule has 0 fully saturated rings. The quantitative estimate of drug-likeness (QED) is 0.254. The Bertz CT molecular complexity index is 1790. The smallest absolute Gasteiger partial charge is 0.298 e. The molecular weight excluding hydrogens is 560 g/mol. The van der Waals surface area contributed by atoms with Crippen molar-refractivity contribution in [2.45, 2.75) is 55.2 Å². The Kier molecular flexibility index (Phi) is 7.73. The van der Waals surface area contributed by atoms with Gasteiger partial charge in [0.05, 0.1) is 4.90 Å². The van der Waals surface area contributed by atoms with Crippen LogP contribution in [0.3, 0.4) is 0 Å². The topological polar surface area (TPSA) is 204 Å². The van der Waals surface area contributed by atoms with Crippen LogP contribution in [0.5, 0.6) is 11.5 Å². The van der Waals surface area contributed by atoms with Gasteiger partial charge in [-0.2, -0.15) is 25.3 Å². The lowest BCUT2D eigenvalue weighted by Gasteiger charge is -2.19. The van der Waals surface area contributed by atoms with Crippen LogP contribution in [0.2, 0.25) is 0 Å². The zero-order valence-electron chi connectivity index (χ0n) is 20.7. The zero-order valence-corrected chi connectivity index (χ0v) is 23.2. The molecule has 0 aliphatic carbocycles. The highest BCUT2D eigenvalue weighted by Crippen LogP contribution is 2.37. The minimum Gasteiger partial charge on any atom is -0.506 e. The van der Waals surface area contributed by atoms with E-state index in [2.05, 4.69) is 0 Å². The molecule has 0 aliphatic rings. The number of rotatable bonds is 7. The summed E-state index contributed by atoms with van der Waals surface area (Å²) >= 11 is 0. The second kappa shape index (κ2) is 9.94. The summed E-state index contributed by atoms with van der Waals surface area (Å²) in [4.78, 5) is -1.93. The summed E-state index contributed by atoms with van der Waals surface area (Å²) in [6.45, 7) is 6.24. The predicted octanol–water partition coefficient (Wildman–Crippen LogP) is 3.25. The van der Waals surface area contributed by atoms with Crippen LogP contribution in [-0.2, 0) is 43.2 Å². The van der Waals surface area contributed by atoms with Crippen LogP contribution in [0.25, 0.3) is 0 Å². The summed E-state index contributed by atoms with van der Waals surface area (Å²) in [5, 5.41) is 20.8. The second-order valence-electron chi connectivity index (χ2n) is 9.06. The molecule has 3 rings (SSSR count). The lowest BCUT2D eigenvalue weighted by Crippen LogP contribution is -2.09. The number of aromatic hydroxyl groups is 2. The summed E-state index contributed by atoms with van der Waals surface area (Å²) in [6.07, 6.45) is -0.313. The van der Waals surface area contributed by atoms with Crippen LogP contribution in [0.1, 0.15) is 44.5 Å². The van der Waals surface area contributed by atoms with Crippen molar-refractivity contribution in [3.8, 4) is 11.5 Å². The van der Waals surface area contributed by atoms with E-state index in [9.17, 15) is 49.1 Å². The van der Waals surface area contributed by atoms with Crippen LogP contribution < -0.4 is 0 Å². The first-order chi connectivity index (χ1) is 17.2. The lowest BCUT2D eigenvalue weighted by atomic mass is 9.90. The van der Waals surface area contributed by atoms with E-state index in [0.717, 1.165) is 18.2 Å². The number of aryl methyl sites for hydroxylation is 3. The SMILES string of the molecule is Cc1cc(O)c(S(=O)(=O)O)cc1Cc1cc(S(=O)(=O)O)c(O)c(Cc2cc(S(=O)(=O)O)c(C)cc2C)c1C. The fraction of sp³-hybridized carbons (Fsp3) is 0.250. The van der Waals surface area contributed by atoms with E-state index in [1.807, 2.05) is 0 Å². The van der Waals surface area contributed by atoms with Gasteiger partial charge in [-0.15, -0.1) is 0 Å². The van der Waals surface area contributed by atoms with Gasteiger partial charge in [0.25, 0.3) is 30.4 Å². The maximum absolute atomic E-state index is 12.1. The molecule has 5 N–H and O–H groups in total. The molecule has 0 radical (unpaired) electrons. The van der Waals surface area contributed by atoms with Gasteiger partial charge in [0, 0.05) is 12.0 Å². The standard InChI is InChI=1S/C24H26O11S3/c1-12-5-14(3)21(36(27,28)29)9-17(12)8-19-15(4)18(11-23(24(19)26)38(33,34)35)7-16-10-22(37(30,31)32)20(25)6-13(16)2/h5-6,9-11,25-26H,7-8H2,1-4H3,(H,27,28,29)(H,30,31,32)(H,33,34,35). The average molecular weight is 587 g/mol. The molecule has 38 heavy (non-hydrogen) atoms. The summed E-state index contributed by atoms with van der Waals surface area (Å²) < 4.78 is 100.0. The molecule has 0 spiro atoms. The third-order valence-corrected chi connectivity index (χ3v) is 9.14. The molecule has 206 valence electrons. The molecule has 0 amide bonds. The third-order valence-electron chi connectivity index (χ3n) is 6.39. The van der Waals surface area contributed by atoms with E-state index in [4.69, 9.17) is 0 Å². The molecule has 3 aromatic rings. The molecule has 0 unspecified atom stereocenters. The zero-order chi connectivity index (χ0) is 29.0. The van der Waals surface area contributed by atoms with Crippen LogP contribution in [0, 0.1) is 27.7 Å². The van der Waals surface area contributed by atoms with E-state index >= 15 is 0 Å². The van der Waals surface area contributed by atoms with Crippen LogP contribution in [0.4, 0.5) is 0 Å². The Hall–Kier alpha value is -3.01. The molecule has 0 saturated heterocycles. The van der Waals surface area contributed by atoms with Crippen molar-refractivity contribution in [3.05, 3.63) is 74.8 Å². The van der Waals surface area contributed by atoms with Crippen LogP contribution in [0.15, 0.2) is 45.0 Å². The Morgan fingerprint density at radius 2 is 1.00 bits per heavy atom. The first kappa shape index (κ1) is 29.5. The summed E-state index contributed by atoms with van der Waals surface area (Å²) in [7, 11) is -14.3. The summed E-state index contributed by atoms with van der Waals surface area (Å²) in [5.41, 5.74) is 2.54. The largest absolute Gasteiger partial charge is 0.506 e. The first-order valence-electron chi connectivity index (χ1n) is 10.9. The number of hydrogen-bond acceptors (Lipinski definition) is 8. The lowest BCUT2D eigenvalue weighted by molar-refractivity contribution is 0.437. The number of hydrogen-bond donors (Lipinski definition) is 5. The van der Waals surface area contributed by atoms with Crippen molar-refractivity contribution in [3.63, 3.8) is 0 Å². The number of benzene rings is 3. The molecule has 3 aromatic carbocycles. The second-order valence-corrected chi connectivity index (χ2v) is 13.2. The van der Waals surface area contributed by atoms with Gasteiger partial charge in [-0.25, -0.2) is 0 Å². The monoisotopic (exact) mass is 586 g/mol. The first-order valence-corrected chi connectivity index (χ1v) is 15.2. The summed E-state index contributed by atoms with van der Waals surface area (Å²) in [5.74, 6) is -1.44. The Labute approximate surface area is 220 Å². The van der Waals surface area contributed by atoms with Crippen LogP contribution >= 0.6 is 0 Å². The van der Waals surface area contributed by atoms with Crippen molar-refractivity contribution in [2.75, 3.05) is 0 Å². The molecule has 0 aromatic heterocycles. The maximum atomic E-state index is 12.1. The van der Waals surface area contributed by atoms with E-state index < -0.39 is 51.6 Å². The molecule has 0 heterocycles. The fourth-order valence-corrected chi connectivity index (χ4v) is 6.33. The highest BCUT2D eigenvalue weighted by Gasteiger charge is 2.25. The van der Waals surface area contributed by atoms with Crippen molar-refractivity contribution in [1.82, 2.24) is 0 Å². The third kappa shape index (κ3) is 6.00. The van der Waals surface area contributed by atoms with Crippen molar-refractivity contribution < 1.29 is 49.1 Å². The number of phenols is 2. The fourth-order valence-electron chi connectivity index (χ4n) is 4.30. The maximum Gasteiger partial charge on any atom is 0.298 e. The molecule has 0 aliphatic heterocycles. The molecule has 11 nitrogen and oxygen atoms in total. The predicted molar refractivity (Wildman–Crippen MR) is 137 cm³/mol. The van der Waals surface area contributed by atoms with E-state index in [1.165, 1.54) is 19.1 Å². The molecule has 14 heteroatoms. The van der Waals surface area contributed by atoms with Crippen LogP contribution in [-0.4, -0.2) is 49.1 Å². The van der Waals surface area contributed by atoms with Gasteiger partial charge in [0.15, 0.2) is 0 Å². The Morgan fingerprint density at radius 3 is 1.53 bits per heavy atom. The molecule has 0 saturated carbocycles. The van der Waals surface area contributed by atoms with Crippen molar-refractivity contribution in [2.24, 2.45) is 0 Å². The van der Waals surface area contributed by atoms with Gasteiger partial charge in [-0.1, -0.05) is 6.07 Å². The molecule has 0 bridgehead atoms. The van der Waals surface area contributed by atoms with Gasteiger partial charge in [0.1, 0.15) is 21.3 Å². The minimum atomic E-state index is -4.94. The highest BCUT2D eigenvalue weighted by molar-refractivity contribution is 7.86. The van der Waals surface area contributed by atoms with E-state index in [-0.39, 0.29) is 40.0 Å². The number of phenolic OH excluding ortho intramolecular Hbond substituents is 2. The van der Waals surface area contributed by atoms with Crippen molar-refractivity contribution in [1.29, 1.82) is 0 Å². The van der Waals surface area contributed by atoms with Gasteiger partial charge < -0.3 is 10.2 Å². The normalized spacial score (nSPS) is 12.6. The minimum absolute atomic E-state index is 0.0369. The Morgan fingerprint density at radius 1 is 0.553 bits per heavy atom. The highest BCUT2D eigenvalue weighted by atomic mass is 32.2. The van der Waals surface area contributed by atoms with Gasteiger partial charge in [0.2, 0.25) is 0 Å².